The first kappa shape index (κ1) is 15.3. The van der Waals surface area contributed by atoms with Gasteiger partial charge in [0.05, 0.1) is 11.8 Å². The van der Waals surface area contributed by atoms with Gasteiger partial charge >= 0.3 is 0 Å². The summed E-state index contributed by atoms with van der Waals surface area (Å²) >= 11 is 0. The van der Waals surface area contributed by atoms with E-state index in [-0.39, 0.29) is 0 Å². The summed E-state index contributed by atoms with van der Waals surface area (Å²) in [7, 11) is 0. The minimum Gasteiger partial charge on any atom is -0.376 e. The number of nitrogens with zero attached hydrogens (tertiary/aromatic N) is 2. The number of ether oxygens (including phenoxy) is 1. The molecule has 0 aromatic carbocycles. The normalized spacial score (nSPS) is 19.3. The van der Waals surface area contributed by atoms with Gasteiger partial charge in [-0.05, 0) is 37.9 Å². The lowest BCUT2D eigenvalue weighted by Crippen LogP contribution is -2.40. The highest BCUT2D eigenvalue weighted by Gasteiger charge is 2.21. The number of hydrogen-bond acceptors (Lipinski definition) is 4. The van der Waals surface area contributed by atoms with E-state index in [2.05, 4.69) is 42.3 Å². The molecule has 1 fully saturated rings. The minimum absolute atomic E-state index is 0.364. The first-order valence-corrected chi connectivity index (χ1v) is 7.86. The van der Waals surface area contributed by atoms with Crippen molar-refractivity contribution in [3.05, 3.63) is 23.9 Å². The fourth-order valence-electron chi connectivity index (χ4n) is 2.56. The highest BCUT2D eigenvalue weighted by atomic mass is 16.5. The molecule has 1 aromatic rings. The number of pyridine rings is 1. The van der Waals surface area contributed by atoms with Crippen LogP contribution in [0.1, 0.15) is 38.8 Å². The van der Waals surface area contributed by atoms with E-state index in [0.29, 0.717) is 6.10 Å². The standard InChI is InChI=1S/C16H27N3O/c1-3-11-20-15-8-6-10-19(13-15)16-9-5-7-14(18-16)12-17-4-2/h5,7,9,15,17H,3-4,6,8,10-13H2,1-2H3. The average Bonchev–Trinajstić information content (AvgIpc) is 2.51. The molecule has 1 N–H and O–H groups in total. The summed E-state index contributed by atoms with van der Waals surface area (Å²) in [5.41, 5.74) is 1.11. The summed E-state index contributed by atoms with van der Waals surface area (Å²) in [4.78, 5) is 7.12. The van der Waals surface area contributed by atoms with Crippen molar-refractivity contribution in [1.29, 1.82) is 0 Å². The molecule has 1 saturated heterocycles. The van der Waals surface area contributed by atoms with Crippen molar-refractivity contribution in [3.63, 3.8) is 0 Å². The predicted octanol–water partition coefficient (Wildman–Crippen LogP) is 2.59. The molecule has 20 heavy (non-hydrogen) atoms. The van der Waals surface area contributed by atoms with Crippen molar-refractivity contribution in [1.82, 2.24) is 10.3 Å². The number of piperidine rings is 1. The second-order valence-corrected chi connectivity index (χ2v) is 5.35. The zero-order chi connectivity index (χ0) is 14.2. The maximum Gasteiger partial charge on any atom is 0.128 e. The fraction of sp³-hybridized carbons (Fsp3) is 0.688. The SMILES string of the molecule is CCCOC1CCCN(c2cccc(CNCC)n2)C1. The van der Waals surface area contributed by atoms with E-state index in [0.717, 1.165) is 50.7 Å². The molecule has 0 saturated carbocycles. The Balaban J connectivity index is 1.95. The second-order valence-electron chi connectivity index (χ2n) is 5.35. The third-order valence-corrected chi connectivity index (χ3v) is 3.61. The zero-order valence-corrected chi connectivity index (χ0v) is 12.8. The molecule has 4 heteroatoms. The fourth-order valence-corrected chi connectivity index (χ4v) is 2.56. The molecule has 112 valence electrons. The van der Waals surface area contributed by atoms with Gasteiger partial charge in [-0.3, -0.25) is 0 Å². The molecular formula is C16H27N3O. The molecule has 1 atom stereocenters. The largest absolute Gasteiger partial charge is 0.376 e. The van der Waals surface area contributed by atoms with E-state index in [1.807, 2.05) is 0 Å². The molecule has 1 aliphatic rings. The van der Waals surface area contributed by atoms with Gasteiger partial charge in [0.15, 0.2) is 0 Å². The first-order valence-electron chi connectivity index (χ1n) is 7.86. The van der Waals surface area contributed by atoms with Crippen LogP contribution in [0.4, 0.5) is 5.82 Å². The van der Waals surface area contributed by atoms with Crippen LogP contribution in [-0.2, 0) is 11.3 Å². The maximum atomic E-state index is 5.90. The van der Waals surface area contributed by atoms with Gasteiger partial charge in [-0.2, -0.15) is 0 Å². The summed E-state index contributed by atoms with van der Waals surface area (Å²) in [6.45, 7) is 9.01. The Morgan fingerprint density at radius 1 is 1.40 bits per heavy atom. The van der Waals surface area contributed by atoms with Gasteiger partial charge in [-0.1, -0.05) is 19.9 Å². The van der Waals surface area contributed by atoms with Gasteiger partial charge < -0.3 is 15.0 Å². The van der Waals surface area contributed by atoms with Crippen molar-refractivity contribution in [2.45, 2.75) is 45.8 Å². The third-order valence-electron chi connectivity index (χ3n) is 3.61. The van der Waals surface area contributed by atoms with E-state index >= 15 is 0 Å². The topological polar surface area (TPSA) is 37.4 Å². The highest BCUT2D eigenvalue weighted by molar-refractivity contribution is 5.40. The maximum absolute atomic E-state index is 5.90. The summed E-state index contributed by atoms with van der Waals surface area (Å²) in [5, 5.41) is 3.33. The van der Waals surface area contributed by atoms with Gasteiger partial charge in [0, 0.05) is 26.2 Å². The summed E-state index contributed by atoms with van der Waals surface area (Å²) in [6.07, 6.45) is 3.82. The van der Waals surface area contributed by atoms with Crippen LogP contribution >= 0.6 is 0 Å². The quantitative estimate of drug-likeness (QED) is 0.831. The molecule has 1 aliphatic heterocycles. The Morgan fingerprint density at radius 3 is 3.10 bits per heavy atom. The van der Waals surface area contributed by atoms with E-state index in [1.54, 1.807) is 0 Å². The Labute approximate surface area is 122 Å². The van der Waals surface area contributed by atoms with E-state index in [1.165, 1.54) is 12.8 Å². The van der Waals surface area contributed by atoms with Crippen LogP contribution < -0.4 is 10.2 Å². The number of nitrogens with one attached hydrogen (secondary N) is 1. The Morgan fingerprint density at radius 2 is 2.30 bits per heavy atom. The number of hydrogen-bond donors (Lipinski definition) is 1. The lowest BCUT2D eigenvalue weighted by molar-refractivity contribution is 0.0439. The van der Waals surface area contributed by atoms with E-state index in [9.17, 15) is 0 Å². The molecule has 1 unspecified atom stereocenters. The van der Waals surface area contributed by atoms with Gasteiger partial charge in [0.1, 0.15) is 5.82 Å². The smallest absolute Gasteiger partial charge is 0.128 e. The zero-order valence-electron chi connectivity index (χ0n) is 12.8. The lowest BCUT2D eigenvalue weighted by Gasteiger charge is -2.33. The molecular weight excluding hydrogens is 250 g/mol. The van der Waals surface area contributed by atoms with Gasteiger partial charge in [-0.25, -0.2) is 4.98 Å². The molecule has 0 aliphatic carbocycles. The van der Waals surface area contributed by atoms with E-state index < -0.39 is 0 Å². The van der Waals surface area contributed by atoms with Crippen molar-refractivity contribution in [3.8, 4) is 0 Å². The lowest BCUT2D eigenvalue weighted by atomic mass is 10.1. The van der Waals surface area contributed by atoms with Crippen LogP contribution in [0.3, 0.4) is 0 Å². The van der Waals surface area contributed by atoms with Crippen molar-refractivity contribution >= 4 is 5.82 Å². The monoisotopic (exact) mass is 277 g/mol. The van der Waals surface area contributed by atoms with Crippen LogP contribution in [0.25, 0.3) is 0 Å². The molecule has 2 rings (SSSR count). The van der Waals surface area contributed by atoms with Crippen LogP contribution in [0, 0.1) is 0 Å². The Hall–Kier alpha value is -1.13. The molecule has 4 nitrogen and oxygen atoms in total. The Kier molecular flexibility index (Phi) is 6.27. The van der Waals surface area contributed by atoms with Crippen LogP contribution in [0.15, 0.2) is 18.2 Å². The van der Waals surface area contributed by atoms with Crippen molar-refractivity contribution in [2.75, 3.05) is 31.1 Å². The molecule has 0 spiro atoms. The van der Waals surface area contributed by atoms with E-state index in [4.69, 9.17) is 9.72 Å². The number of anilines is 1. The third kappa shape index (κ3) is 4.46. The minimum atomic E-state index is 0.364. The summed E-state index contributed by atoms with van der Waals surface area (Å²) < 4.78 is 5.90. The average molecular weight is 277 g/mol. The highest BCUT2D eigenvalue weighted by Crippen LogP contribution is 2.20. The van der Waals surface area contributed by atoms with Crippen molar-refractivity contribution < 1.29 is 4.74 Å². The number of aromatic nitrogens is 1. The molecule has 1 aromatic heterocycles. The summed E-state index contributed by atoms with van der Waals surface area (Å²) in [6, 6.07) is 6.30. The van der Waals surface area contributed by atoms with Crippen LogP contribution in [-0.4, -0.2) is 37.3 Å². The predicted molar refractivity (Wildman–Crippen MR) is 83.1 cm³/mol. The number of rotatable bonds is 7. The van der Waals surface area contributed by atoms with Crippen LogP contribution in [0.5, 0.6) is 0 Å². The van der Waals surface area contributed by atoms with Gasteiger partial charge in [0.2, 0.25) is 0 Å². The summed E-state index contributed by atoms with van der Waals surface area (Å²) in [5.74, 6) is 1.09. The first-order chi connectivity index (χ1) is 9.83. The molecule has 0 bridgehead atoms. The van der Waals surface area contributed by atoms with Crippen LogP contribution in [0.2, 0.25) is 0 Å². The van der Waals surface area contributed by atoms with Gasteiger partial charge in [0.25, 0.3) is 0 Å². The molecule has 2 heterocycles. The molecule has 0 radical (unpaired) electrons. The Bertz CT molecular complexity index is 397. The van der Waals surface area contributed by atoms with Gasteiger partial charge in [-0.15, -0.1) is 0 Å². The van der Waals surface area contributed by atoms with Crippen molar-refractivity contribution in [2.24, 2.45) is 0 Å². The second kappa shape index (κ2) is 8.22. The molecule has 0 amide bonds.